The van der Waals surface area contributed by atoms with Crippen molar-refractivity contribution in [2.24, 2.45) is 5.73 Å². The molecule has 70 valence electrons. The fraction of sp³-hybridized carbons (Fsp3) is 0.364. The van der Waals surface area contributed by atoms with Crippen molar-refractivity contribution in [2.45, 2.75) is 26.2 Å². The second-order valence-corrected chi connectivity index (χ2v) is 3.08. The van der Waals surface area contributed by atoms with Crippen LogP contribution in [0, 0.1) is 0 Å². The Kier molecular flexibility index (Phi) is 4.03. The Morgan fingerprint density at radius 1 is 1.54 bits per heavy atom. The summed E-state index contributed by atoms with van der Waals surface area (Å²) in [5.41, 5.74) is 7.67. The van der Waals surface area contributed by atoms with Gasteiger partial charge in [-0.05, 0) is 31.1 Å². The number of pyridine rings is 1. The molecular weight excluding hydrogens is 160 g/mol. The number of rotatable bonds is 4. The first kappa shape index (κ1) is 9.78. The van der Waals surface area contributed by atoms with E-state index in [1.807, 2.05) is 24.3 Å². The van der Waals surface area contributed by atoms with E-state index in [0.717, 1.165) is 24.2 Å². The summed E-state index contributed by atoms with van der Waals surface area (Å²) < 4.78 is 0. The first-order valence-electron chi connectivity index (χ1n) is 4.70. The highest BCUT2D eigenvalue weighted by Gasteiger charge is 1.91. The van der Waals surface area contributed by atoms with Crippen LogP contribution in [0.5, 0.6) is 0 Å². The Balaban J connectivity index is 2.55. The van der Waals surface area contributed by atoms with Crippen molar-refractivity contribution in [2.75, 3.05) is 0 Å². The van der Waals surface area contributed by atoms with E-state index in [4.69, 9.17) is 5.73 Å². The molecule has 1 aromatic heterocycles. The number of nitrogens with two attached hydrogens (primary N) is 1. The smallest absolute Gasteiger partial charge is 0.0646 e. The molecular formula is C11H16N2. The van der Waals surface area contributed by atoms with Crippen LogP contribution in [0.25, 0.3) is 6.08 Å². The van der Waals surface area contributed by atoms with E-state index in [1.165, 1.54) is 6.42 Å². The molecule has 2 heteroatoms. The van der Waals surface area contributed by atoms with Gasteiger partial charge in [0.1, 0.15) is 0 Å². The van der Waals surface area contributed by atoms with Gasteiger partial charge < -0.3 is 5.73 Å². The molecule has 0 saturated carbocycles. The minimum Gasteiger partial charge on any atom is -0.402 e. The summed E-state index contributed by atoms with van der Waals surface area (Å²) in [5, 5.41) is 0. The molecule has 13 heavy (non-hydrogen) atoms. The van der Waals surface area contributed by atoms with Gasteiger partial charge in [-0.1, -0.05) is 19.4 Å². The van der Waals surface area contributed by atoms with Crippen molar-refractivity contribution in [3.05, 3.63) is 35.8 Å². The maximum Gasteiger partial charge on any atom is 0.0646 e. The van der Waals surface area contributed by atoms with E-state index >= 15 is 0 Å². The highest BCUT2D eigenvalue weighted by Crippen LogP contribution is 2.05. The van der Waals surface area contributed by atoms with Gasteiger partial charge in [0.15, 0.2) is 0 Å². The van der Waals surface area contributed by atoms with Gasteiger partial charge in [0.2, 0.25) is 0 Å². The van der Waals surface area contributed by atoms with E-state index in [-0.39, 0.29) is 0 Å². The zero-order valence-corrected chi connectivity index (χ0v) is 8.03. The molecule has 2 N–H and O–H groups in total. The van der Waals surface area contributed by atoms with Crippen LogP contribution < -0.4 is 5.73 Å². The Bertz CT molecular complexity index is 265. The van der Waals surface area contributed by atoms with Crippen LogP contribution in [0.1, 0.15) is 31.9 Å². The fourth-order valence-corrected chi connectivity index (χ4v) is 1.10. The number of allylic oxidation sites excluding steroid dienone is 1. The summed E-state index contributed by atoms with van der Waals surface area (Å²) in [7, 11) is 0. The highest BCUT2D eigenvalue weighted by molar-refractivity contribution is 5.47. The number of unbranched alkanes of at least 4 members (excludes halogenated alkanes) is 1. The van der Waals surface area contributed by atoms with Crippen LogP contribution in [0.4, 0.5) is 0 Å². The van der Waals surface area contributed by atoms with E-state index in [9.17, 15) is 0 Å². The largest absolute Gasteiger partial charge is 0.402 e. The summed E-state index contributed by atoms with van der Waals surface area (Å²) >= 11 is 0. The molecule has 0 aliphatic rings. The third-order valence-corrected chi connectivity index (χ3v) is 1.84. The van der Waals surface area contributed by atoms with Gasteiger partial charge in [0.25, 0.3) is 0 Å². The molecule has 0 saturated heterocycles. The third-order valence-electron chi connectivity index (χ3n) is 1.84. The van der Waals surface area contributed by atoms with Gasteiger partial charge in [-0.3, -0.25) is 4.98 Å². The van der Waals surface area contributed by atoms with E-state index in [2.05, 4.69) is 11.9 Å². The zero-order chi connectivity index (χ0) is 9.52. The molecule has 0 fully saturated rings. The molecule has 0 aliphatic carbocycles. The molecule has 0 bridgehead atoms. The Morgan fingerprint density at radius 3 is 3.00 bits per heavy atom. The van der Waals surface area contributed by atoms with Crippen LogP contribution in [-0.4, -0.2) is 4.98 Å². The van der Waals surface area contributed by atoms with Crippen molar-refractivity contribution in [3.63, 3.8) is 0 Å². The SMILES string of the molecule is CCCC/C(N)=C/c1ccccn1. The molecule has 0 radical (unpaired) electrons. The summed E-state index contributed by atoms with van der Waals surface area (Å²) in [5.74, 6) is 0. The maximum atomic E-state index is 5.81. The number of hydrogen-bond acceptors (Lipinski definition) is 2. The molecule has 0 aliphatic heterocycles. The average molecular weight is 176 g/mol. The van der Waals surface area contributed by atoms with Crippen molar-refractivity contribution in [3.8, 4) is 0 Å². The molecule has 1 heterocycles. The van der Waals surface area contributed by atoms with Crippen LogP contribution >= 0.6 is 0 Å². The van der Waals surface area contributed by atoms with Gasteiger partial charge in [0.05, 0.1) is 5.69 Å². The normalized spacial score (nSPS) is 11.6. The maximum absolute atomic E-state index is 5.81. The third kappa shape index (κ3) is 3.74. The van der Waals surface area contributed by atoms with Crippen LogP contribution in [0.15, 0.2) is 30.1 Å². The summed E-state index contributed by atoms with van der Waals surface area (Å²) in [6.07, 6.45) is 7.01. The Hall–Kier alpha value is -1.31. The second kappa shape index (κ2) is 5.36. The van der Waals surface area contributed by atoms with Gasteiger partial charge in [-0.15, -0.1) is 0 Å². The monoisotopic (exact) mass is 176 g/mol. The average Bonchev–Trinajstić information content (AvgIpc) is 2.16. The van der Waals surface area contributed by atoms with E-state index in [1.54, 1.807) is 6.20 Å². The summed E-state index contributed by atoms with van der Waals surface area (Å²) in [4.78, 5) is 4.17. The first-order chi connectivity index (χ1) is 6.33. The minimum atomic E-state index is 0.917. The number of aromatic nitrogens is 1. The summed E-state index contributed by atoms with van der Waals surface area (Å²) in [6.45, 7) is 2.16. The van der Waals surface area contributed by atoms with Gasteiger partial charge >= 0.3 is 0 Å². The quantitative estimate of drug-likeness (QED) is 0.765. The molecule has 0 atom stereocenters. The number of nitrogens with zero attached hydrogens (tertiary/aromatic N) is 1. The predicted octanol–water partition coefficient (Wildman–Crippen LogP) is 2.57. The molecule has 1 aromatic rings. The summed E-state index contributed by atoms with van der Waals surface area (Å²) in [6, 6.07) is 5.82. The van der Waals surface area contributed by atoms with Gasteiger partial charge in [0, 0.05) is 11.9 Å². The lowest BCUT2D eigenvalue weighted by Crippen LogP contribution is -1.96. The van der Waals surface area contributed by atoms with Gasteiger partial charge in [-0.2, -0.15) is 0 Å². The topological polar surface area (TPSA) is 38.9 Å². The highest BCUT2D eigenvalue weighted by atomic mass is 14.7. The molecule has 0 aromatic carbocycles. The number of hydrogen-bond donors (Lipinski definition) is 1. The standard InChI is InChI=1S/C11H16N2/c1-2-3-6-10(12)9-11-7-4-5-8-13-11/h4-5,7-9H,2-3,6,12H2,1H3/b10-9-. The molecule has 1 rings (SSSR count). The molecule has 0 unspecified atom stereocenters. The van der Waals surface area contributed by atoms with Crippen LogP contribution in [-0.2, 0) is 0 Å². The Morgan fingerprint density at radius 2 is 2.38 bits per heavy atom. The lowest BCUT2D eigenvalue weighted by Gasteiger charge is -1.98. The first-order valence-corrected chi connectivity index (χ1v) is 4.70. The molecule has 0 amide bonds. The van der Waals surface area contributed by atoms with Crippen molar-refractivity contribution < 1.29 is 0 Å². The van der Waals surface area contributed by atoms with Crippen molar-refractivity contribution in [1.82, 2.24) is 4.98 Å². The van der Waals surface area contributed by atoms with Crippen molar-refractivity contribution in [1.29, 1.82) is 0 Å². The molecule has 2 nitrogen and oxygen atoms in total. The predicted molar refractivity (Wildman–Crippen MR) is 55.9 cm³/mol. The van der Waals surface area contributed by atoms with E-state index in [0.29, 0.717) is 0 Å². The molecule has 0 spiro atoms. The Labute approximate surface area is 79.5 Å². The lowest BCUT2D eigenvalue weighted by molar-refractivity contribution is 0.784. The zero-order valence-electron chi connectivity index (χ0n) is 8.03. The second-order valence-electron chi connectivity index (χ2n) is 3.08. The minimum absolute atomic E-state index is 0.917. The van der Waals surface area contributed by atoms with Gasteiger partial charge in [-0.25, -0.2) is 0 Å². The fourth-order valence-electron chi connectivity index (χ4n) is 1.10. The lowest BCUT2D eigenvalue weighted by atomic mass is 10.2. The van der Waals surface area contributed by atoms with Crippen LogP contribution in [0.2, 0.25) is 0 Å². The van der Waals surface area contributed by atoms with Crippen molar-refractivity contribution >= 4 is 6.08 Å². The van der Waals surface area contributed by atoms with E-state index < -0.39 is 0 Å². The van der Waals surface area contributed by atoms with Crippen LogP contribution in [0.3, 0.4) is 0 Å².